The van der Waals surface area contributed by atoms with Crippen LogP contribution in [-0.4, -0.2) is 40.4 Å². The standard InChI is InChI=1S/C28H28ClN3O3/c29-20-9-7-10-21(17-20)32-27(33)23-12-4-3-11-22(23)24(28(32)34)18-30-19-25(26-13-8-16-35-26)31-14-5-1-2-6-15-31/h3-4,7-13,16-18,25,34H,1-2,5-6,14-15,19H2. The molecule has 1 atom stereocenters. The molecule has 3 heterocycles. The average Bonchev–Trinajstić information content (AvgIpc) is 3.26. The van der Waals surface area contributed by atoms with Gasteiger partial charge in [0, 0.05) is 22.0 Å². The van der Waals surface area contributed by atoms with Crippen molar-refractivity contribution in [2.75, 3.05) is 19.6 Å². The topological polar surface area (TPSA) is 71.0 Å². The second-order valence-electron chi connectivity index (χ2n) is 8.88. The SMILES string of the molecule is O=c1c2ccccc2c(C=NCC(c2ccco2)N2CCCCCC2)c(O)n1-c1cccc(Cl)c1. The smallest absolute Gasteiger partial charge is 0.265 e. The van der Waals surface area contributed by atoms with Crippen LogP contribution in [0, 0.1) is 0 Å². The van der Waals surface area contributed by atoms with Gasteiger partial charge >= 0.3 is 0 Å². The molecule has 7 heteroatoms. The Kier molecular flexibility index (Phi) is 7.02. The molecule has 35 heavy (non-hydrogen) atoms. The molecule has 1 aliphatic heterocycles. The Morgan fingerprint density at radius 3 is 2.49 bits per heavy atom. The Labute approximate surface area is 209 Å². The highest BCUT2D eigenvalue weighted by Crippen LogP contribution is 2.28. The lowest BCUT2D eigenvalue weighted by Gasteiger charge is -2.27. The fourth-order valence-corrected chi connectivity index (χ4v) is 5.05. The van der Waals surface area contributed by atoms with E-state index in [1.807, 2.05) is 30.3 Å². The fourth-order valence-electron chi connectivity index (χ4n) is 4.86. The summed E-state index contributed by atoms with van der Waals surface area (Å²) in [7, 11) is 0. The number of hydrogen-bond acceptors (Lipinski definition) is 5. The van der Waals surface area contributed by atoms with Crippen LogP contribution in [0.2, 0.25) is 5.02 Å². The van der Waals surface area contributed by atoms with Crippen LogP contribution in [0.15, 0.2) is 81.1 Å². The lowest BCUT2D eigenvalue weighted by Crippen LogP contribution is -2.31. The molecule has 2 aromatic carbocycles. The molecule has 0 saturated carbocycles. The van der Waals surface area contributed by atoms with Gasteiger partial charge in [-0.3, -0.25) is 14.7 Å². The molecular formula is C28H28ClN3O3. The number of fused-ring (bicyclic) bond motifs is 1. The largest absolute Gasteiger partial charge is 0.494 e. The predicted molar refractivity (Wildman–Crippen MR) is 140 cm³/mol. The van der Waals surface area contributed by atoms with Gasteiger partial charge in [-0.25, -0.2) is 4.57 Å². The van der Waals surface area contributed by atoms with Gasteiger partial charge in [-0.05, 0) is 62.3 Å². The first kappa shape index (κ1) is 23.4. The molecular weight excluding hydrogens is 462 g/mol. The van der Waals surface area contributed by atoms with Crippen LogP contribution in [-0.2, 0) is 0 Å². The van der Waals surface area contributed by atoms with E-state index in [-0.39, 0.29) is 17.5 Å². The maximum Gasteiger partial charge on any atom is 0.265 e. The van der Waals surface area contributed by atoms with Crippen molar-refractivity contribution in [3.8, 4) is 11.6 Å². The summed E-state index contributed by atoms with van der Waals surface area (Å²) in [6.45, 7) is 2.50. The molecule has 1 aliphatic rings. The number of furan rings is 1. The number of likely N-dealkylation sites (tertiary alicyclic amines) is 1. The molecule has 0 bridgehead atoms. The van der Waals surface area contributed by atoms with Crippen LogP contribution in [0.4, 0.5) is 0 Å². The Morgan fingerprint density at radius 1 is 1.00 bits per heavy atom. The monoisotopic (exact) mass is 489 g/mol. The third kappa shape index (κ3) is 4.90. The summed E-state index contributed by atoms with van der Waals surface area (Å²) in [4.78, 5) is 20.5. The van der Waals surface area contributed by atoms with Crippen LogP contribution < -0.4 is 5.56 Å². The first-order chi connectivity index (χ1) is 17.1. The Bertz CT molecular complexity index is 1390. The van der Waals surface area contributed by atoms with E-state index in [4.69, 9.17) is 21.0 Å². The van der Waals surface area contributed by atoms with Crippen molar-refractivity contribution in [1.82, 2.24) is 9.47 Å². The average molecular weight is 490 g/mol. The highest BCUT2D eigenvalue weighted by Gasteiger charge is 2.23. The Balaban J connectivity index is 1.55. The van der Waals surface area contributed by atoms with Crippen LogP contribution in [0.3, 0.4) is 0 Å². The minimum absolute atomic E-state index is 0.0200. The molecule has 5 rings (SSSR count). The second-order valence-corrected chi connectivity index (χ2v) is 9.32. The van der Waals surface area contributed by atoms with Crippen LogP contribution in [0.1, 0.15) is 43.0 Å². The maximum atomic E-state index is 13.3. The van der Waals surface area contributed by atoms with Crippen molar-refractivity contribution in [2.24, 2.45) is 4.99 Å². The number of aromatic nitrogens is 1. The van der Waals surface area contributed by atoms with Crippen molar-refractivity contribution < 1.29 is 9.52 Å². The second kappa shape index (κ2) is 10.5. The van der Waals surface area contributed by atoms with Crippen LogP contribution >= 0.6 is 11.6 Å². The first-order valence-electron chi connectivity index (χ1n) is 12.0. The van der Waals surface area contributed by atoms with E-state index >= 15 is 0 Å². The van der Waals surface area contributed by atoms with Crippen molar-refractivity contribution in [2.45, 2.75) is 31.7 Å². The summed E-state index contributed by atoms with van der Waals surface area (Å²) in [6, 6.07) is 18.1. The van der Waals surface area contributed by atoms with E-state index in [1.165, 1.54) is 17.4 Å². The highest BCUT2D eigenvalue weighted by atomic mass is 35.5. The van der Waals surface area contributed by atoms with E-state index in [0.717, 1.165) is 31.7 Å². The van der Waals surface area contributed by atoms with Gasteiger partial charge < -0.3 is 9.52 Å². The van der Waals surface area contributed by atoms with Crippen molar-refractivity contribution in [1.29, 1.82) is 0 Å². The van der Waals surface area contributed by atoms with Crippen molar-refractivity contribution in [3.63, 3.8) is 0 Å². The van der Waals surface area contributed by atoms with Gasteiger partial charge in [0.2, 0.25) is 5.88 Å². The summed E-state index contributed by atoms with van der Waals surface area (Å²) in [5.41, 5.74) is 0.684. The third-order valence-electron chi connectivity index (χ3n) is 6.62. The van der Waals surface area contributed by atoms with Gasteiger partial charge in [0.1, 0.15) is 5.76 Å². The van der Waals surface area contributed by atoms with Gasteiger partial charge in [-0.2, -0.15) is 0 Å². The molecule has 0 aliphatic carbocycles. The van der Waals surface area contributed by atoms with E-state index < -0.39 is 0 Å². The van der Waals surface area contributed by atoms with Gasteiger partial charge in [0.25, 0.3) is 5.56 Å². The molecule has 1 fully saturated rings. The van der Waals surface area contributed by atoms with Crippen molar-refractivity contribution >= 4 is 28.6 Å². The molecule has 0 spiro atoms. The van der Waals surface area contributed by atoms with Gasteiger partial charge in [0.15, 0.2) is 0 Å². The number of hydrogen-bond donors (Lipinski definition) is 1. The summed E-state index contributed by atoms with van der Waals surface area (Å²) < 4.78 is 7.05. The van der Waals surface area contributed by atoms with Gasteiger partial charge in [0.05, 0.1) is 30.1 Å². The number of aliphatic imine (C=N–C) groups is 1. The number of benzene rings is 2. The Hall–Kier alpha value is -3.35. The lowest BCUT2D eigenvalue weighted by atomic mass is 10.1. The molecule has 0 radical (unpaired) electrons. The number of rotatable bonds is 6. The van der Waals surface area contributed by atoms with Crippen LogP contribution in [0.25, 0.3) is 16.5 Å². The summed E-state index contributed by atoms with van der Waals surface area (Å²) in [5.74, 6) is 0.728. The minimum atomic E-state index is -0.310. The molecule has 1 saturated heterocycles. The number of nitrogens with zero attached hydrogens (tertiary/aromatic N) is 3. The summed E-state index contributed by atoms with van der Waals surface area (Å²) in [6.07, 6.45) is 8.19. The van der Waals surface area contributed by atoms with Gasteiger partial charge in [-0.15, -0.1) is 0 Å². The van der Waals surface area contributed by atoms with E-state index in [2.05, 4.69) is 4.90 Å². The first-order valence-corrected chi connectivity index (χ1v) is 12.4. The van der Waals surface area contributed by atoms with Crippen molar-refractivity contribution in [3.05, 3.63) is 93.6 Å². The molecule has 2 aromatic heterocycles. The molecule has 0 amide bonds. The normalized spacial score (nSPS) is 16.0. The minimum Gasteiger partial charge on any atom is -0.494 e. The zero-order valence-electron chi connectivity index (χ0n) is 19.4. The number of aromatic hydroxyl groups is 1. The summed E-state index contributed by atoms with van der Waals surface area (Å²) >= 11 is 6.17. The van der Waals surface area contributed by atoms with Crippen LogP contribution in [0.5, 0.6) is 5.88 Å². The van der Waals surface area contributed by atoms with E-state index in [0.29, 0.717) is 33.6 Å². The zero-order chi connectivity index (χ0) is 24.2. The summed E-state index contributed by atoms with van der Waals surface area (Å²) in [5, 5.41) is 12.9. The molecule has 180 valence electrons. The predicted octanol–water partition coefficient (Wildman–Crippen LogP) is 5.98. The molecule has 1 N–H and O–H groups in total. The van der Waals surface area contributed by atoms with E-state index in [9.17, 15) is 9.90 Å². The third-order valence-corrected chi connectivity index (χ3v) is 6.86. The fraction of sp³-hybridized carbons (Fsp3) is 0.286. The number of pyridine rings is 1. The highest BCUT2D eigenvalue weighted by molar-refractivity contribution is 6.30. The maximum absolute atomic E-state index is 13.3. The number of halogens is 1. The zero-order valence-corrected chi connectivity index (χ0v) is 20.2. The molecule has 1 unspecified atom stereocenters. The molecule has 6 nitrogen and oxygen atoms in total. The Morgan fingerprint density at radius 2 is 1.77 bits per heavy atom. The van der Waals surface area contributed by atoms with Gasteiger partial charge in [-0.1, -0.05) is 48.7 Å². The quantitative estimate of drug-likeness (QED) is 0.338. The van der Waals surface area contributed by atoms with E-state index in [1.54, 1.807) is 42.8 Å². The molecule has 4 aromatic rings. The lowest BCUT2D eigenvalue weighted by molar-refractivity contribution is 0.186.